The summed E-state index contributed by atoms with van der Waals surface area (Å²) in [6.45, 7) is 2.31. The zero-order valence-corrected chi connectivity index (χ0v) is 16.2. The van der Waals surface area contributed by atoms with E-state index in [4.69, 9.17) is 16.6 Å². The molecular weight excluding hydrogens is 375 g/mol. The van der Waals surface area contributed by atoms with Crippen molar-refractivity contribution < 1.29 is 9.50 Å². The lowest BCUT2D eigenvalue weighted by Crippen LogP contribution is -2.42. The molecule has 4 rings (SSSR count). The number of pyridine rings is 1. The Bertz CT molecular complexity index is 936. The second kappa shape index (κ2) is 8.00. The first-order valence-electron chi connectivity index (χ1n) is 9.44. The normalized spacial score (nSPS) is 16.8. The third-order valence-corrected chi connectivity index (χ3v) is 5.65. The number of nitrogens with zero attached hydrogens (tertiary/aromatic N) is 2. The van der Waals surface area contributed by atoms with Crippen molar-refractivity contribution in [2.24, 2.45) is 0 Å². The minimum absolute atomic E-state index is 0.249. The lowest BCUT2D eigenvalue weighted by molar-refractivity contribution is -0.0279. The van der Waals surface area contributed by atoms with Gasteiger partial charge >= 0.3 is 0 Å². The van der Waals surface area contributed by atoms with Gasteiger partial charge < -0.3 is 5.11 Å². The Morgan fingerprint density at radius 1 is 0.964 bits per heavy atom. The Labute approximate surface area is 169 Å². The van der Waals surface area contributed by atoms with E-state index in [-0.39, 0.29) is 5.82 Å². The number of benzene rings is 2. The van der Waals surface area contributed by atoms with Gasteiger partial charge in [-0.15, -0.1) is 0 Å². The molecule has 0 radical (unpaired) electrons. The Kier molecular flexibility index (Phi) is 5.44. The molecule has 1 aliphatic rings. The molecule has 0 spiro atoms. The van der Waals surface area contributed by atoms with E-state index >= 15 is 0 Å². The van der Waals surface area contributed by atoms with E-state index in [9.17, 15) is 9.50 Å². The lowest BCUT2D eigenvalue weighted by Gasteiger charge is -2.38. The first kappa shape index (κ1) is 19.1. The number of aliphatic hydroxyl groups is 1. The third kappa shape index (κ3) is 4.25. The molecule has 3 nitrogen and oxygen atoms in total. The average molecular weight is 397 g/mol. The van der Waals surface area contributed by atoms with Gasteiger partial charge in [0.25, 0.3) is 0 Å². The van der Waals surface area contributed by atoms with Gasteiger partial charge in [-0.25, -0.2) is 4.39 Å². The standard InChI is InChI=1S/C23H22ClFN2O/c24-19-8-6-18(7-9-19)23(28)12-14-27(15-13-23)16-21-2-1-3-22(26-21)17-4-10-20(25)11-5-17/h1-11,28H,12-16H2. The van der Waals surface area contributed by atoms with Crippen molar-refractivity contribution in [3.8, 4) is 11.3 Å². The van der Waals surface area contributed by atoms with Crippen LogP contribution in [0.3, 0.4) is 0 Å². The molecule has 1 aliphatic heterocycles. The van der Waals surface area contributed by atoms with Crippen molar-refractivity contribution in [3.63, 3.8) is 0 Å². The number of likely N-dealkylation sites (tertiary alicyclic amines) is 1. The molecule has 0 unspecified atom stereocenters. The predicted octanol–water partition coefficient (Wildman–Crippen LogP) is 5.02. The maximum atomic E-state index is 13.1. The van der Waals surface area contributed by atoms with Gasteiger partial charge in [-0.3, -0.25) is 9.88 Å². The van der Waals surface area contributed by atoms with Gasteiger partial charge in [0, 0.05) is 30.2 Å². The molecule has 2 aromatic carbocycles. The highest BCUT2D eigenvalue weighted by Crippen LogP contribution is 2.33. The van der Waals surface area contributed by atoms with Crippen molar-refractivity contribution in [3.05, 3.63) is 88.8 Å². The smallest absolute Gasteiger partial charge is 0.123 e. The minimum Gasteiger partial charge on any atom is -0.385 e. The van der Waals surface area contributed by atoms with Crippen LogP contribution in [-0.4, -0.2) is 28.1 Å². The van der Waals surface area contributed by atoms with Gasteiger partial charge in [0.2, 0.25) is 0 Å². The lowest BCUT2D eigenvalue weighted by atomic mass is 9.84. The number of aromatic nitrogens is 1. The monoisotopic (exact) mass is 396 g/mol. The predicted molar refractivity (Wildman–Crippen MR) is 109 cm³/mol. The molecule has 2 heterocycles. The Morgan fingerprint density at radius 2 is 1.64 bits per heavy atom. The van der Waals surface area contributed by atoms with Crippen LogP contribution in [0.4, 0.5) is 4.39 Å². The molecular formula is C23H22ClFN2O. The highest BCUT2D eigenvalue weighted by Gasteiger charge is 2.33. The van der Waals surface area contributed by atoms with Crippen LogP contribution in [-0.2, 0) is 12.1 Å². The molecule has 0 bridgehead atoms. The number of hydrogen-bond donors (Lipinski definition) is 1. The Morgan fingerprint density at radius 3 is 2.32 bits per heavy atom. The van der Waals surface area contributed by atoms with Crippen molar-refractivity contribution in [2.75, 3.05) is 13.1 Å². The van der Waals surface area contributed by atoms with Gasteiger partial charge in [0.1, 0.15) is 5.82 Å². The van der Waals surface area contributed by atoms with Crippen LogP contribution in [0.25, 0.3) is 11.3 Å². The quantitative estimate of drug-likeness (QED) is 0.672. The maximum absolute atomic E-state index is 13.1. The summed E-state index contributed by atoms with van der Waals surface area (Å²) in [7, 11) is 0. The minimum atomic E-state index is -0.801. The van der Waals surface area contributed by atoms with E-state index in [1.165, 1.54) is 12.1 Å². The van der Waals surface area contributed by atoms with Crippen molar-refractivity contribution in [2.45, 2.75) is 25.0 Å². The van der Waals surface area contributed by atoms with Crippen LogP contribution in [0.2, 0.25) is 5.02 Å². The van der Waals surface area contributed by atoms with Crippen molar-refractivity contribution in [1.29, 1.82) is 0 Å². The summed E-state index contributed by atoms with van der Waals surface area (Å²) in [6, 6.07) is 19.8. The third-order valence-electron chi connectivity index (χ3n) is 5.40. The fourth-order valence-corrected chi connectivity index (χ4v) is 3.83. The van der Waals surface area contributed by atoms with Crippen LogP contribution in [0.15, 0.2) is 66.7 Å². The fraction of sp³-hybridized carbons (Fsp3) is 0.261. The molecule has 144 valence electrons. The summed E-state index contributed by atoms with van der Waals surface area (Å²) in [6.07, 6.45) is 1.35. The second-order valence-electron chi connectivity index (χ2n) is 7.34. The Hall–Kier alpha value is -2.27. The van der Waals surface area contributed by atoms with E-state index in [0.717, 1.165) is 42.1 Å². The summed E-state index contributed by atoms with van der Waals surface area (Å²) in [5.41, 5.74) is 2.84. The molecule has 5 heteroatoms. The average Bonchev–Trinajstić information content (AvgIpc) is 2.71. The summed E-state index contributed by atoms with van der Waals surface area (Å²) < 4.78 is 13.1. The second-order valence-corrected chi connectivity index (χ2v) is 7.77. The molecule has 0 saturated carbocycles. The van der Waals surface area contributed by atoms with E-state index in [2.05, 4.69) is 4.90 Å². The number of halogens is 2. The molecule has 1 fully saturated rings. The summed E-state index contributed by atoms with van der Waals surface area (Å²) in [4.78, 5) is 7.04. The first-order valence-corrected chi connectivity index (χ1v) is 9.82. The maximum Gasteiger partial charge on any atom is 0.123 e. The van der Waals surface area contributed by atoms with Crippen LogP contribution in [0, 0.1) is 5.82 Å². The van der Waals surface area contributed by atoms with E-state index in [1.54, 1.807) is 12.1 Å². The topological polar surface area (TPSA) is 36.4 Å². The highest BCUT2D eigenvalue weighted by atomic mass is 35.5. The van der Waals surface area contributed by atoms with Crippen LogP contribution in [0.5, 0.6) is 0 Å². The van der Waals surface area contributed by atoms with Gasteiger partial charge in [0.05, 0.1) is 17.0 Å². The van der Waals surface area contributed by atoms with E-state index in [1.807, 2.05) is 42.5 Å². The van der Waals surface area contributed by atoms with Gasteiger partial charge in [-0.2, -0.15) is 0 Å². The van der Waals surface area contributed by atoms with E-state index in [0.29, 0.717) is 17.9 Å². The molecule has 0 amide bonds. The number of rotatable bonds is 4. The molecule has 0 atom stereocenters. The number of hydrogen-bond acceptors (Lipinski definition) is 3. The van der Waals surface area contributed by atoms with Crippen molar-refractivity contribution in [1.82, 2.24) is 9.88 Å². The zero-order valence-electron chi connectivity index (χ0n) is 15.5. The molecule has 28 heavy (non-hydrogen) atoms. The van der Waals surface area contributed by atoms with Crippen molar-refractivity contribution >= 4 is 11.6 Å². The summed E-state index contributed by atoms with van der Waals surface area (Å²) >= 11 is 5.96. The molecule has 1 aromatic heterocycles. The molecule has 0 aliphatic carbocycles. The number of piperidine rings is 1. The summed E-state index contributed by atoms with van der Waals surface area (Å²) in [5.74, 6) is -0.249. The first-order chi connectivity index (χ1) is 13.5. The molecule has 1 N–H and O–H groups in total. The van der Waals surface area contributed by atoms with Crippen LogP contribution in [0.1, 0.15) is 24.1 Å². The zero-order chi connectivity index (χ0) is 19.6. The van der Waals surface area contributed by atoms with Crippen LogP contribution >= 0.6 is 11.6 Å². The fourth-order valence-electron chi connectivity index (χ4n) is 3.71. The highest BCUT2D eigenvalue weighted by molar-refractivity contribution is 6.30. The Balaban J connectivity index is 1.42. The summed E-state index contributed by atoms with van der Waals surface area (Å²) in [5, 5.41) is 11.7. The SMILES string of the molecule is OC1(c2ccc(Cl)cc2)CCN(Cc2cccc(-c3ccc(F)cc3)n2)CC1. The van der Waals surface area contributed by atoms with Gasteiger partial charge in [-0.1, -0.05) is 29.8 Å². The largest absolute Gasteiger partial charge is 0.385 e. The van der Waals surface area contributed by atoms with Crippen LogP contribution < -0.4 is 0 Å². The van der Waals surface area contributed by atoms with Gasteiger partial charge in [-0.05, 0) is 66.9 Å². The van der Waals surface area contributed by atoms with E-state index < -0.39 is 5.60 Å². The van der Waals surface area contributed by atoms with Gasteiger partial charge in [0.15, 0.2) is 0 Å². The molecule has 3 aromatic rings. The molecule has 1 saturated heterocycles.